The van der Waals surface area contributed by atoms with Crippen molar-refractivity contribution in [2.75, 3.05) is 44.4 Å². The van der Waals surface area contributed by atoms with E-state index in [-0.39, 0.29) is 0 Å². The first kappa shape index (κ1) is 18.2. The molecule has 2 saturated heterocycles. The zero-order valence-electron chi connectivity index (χ0n) is 16.2. The Labute approximate surface area is 160 Å². The summed E-state index contributed by atoms with van der Waals surface area (Å²) in [5.74, 6) is 2.80. The minimum Gasteiger partial charge on any atom is -0.372 e. The van der Waals surface area contributed by atoms with Gasteiger partial charge in [0.15, 0.2) is 5.82 Å². The maximum Gasteiger partial charge on any atom is 0.224 e. The molecule has 146 valence electrons. The first-order chi connectivity index (χ1) is 13.2. The monoisotopic (exact) mass is 371 g/mol. The summed E-state index contributed by atoms with van der Waals surface area (Å²) >= 11 is 0. The van der Waals surface area contributed by atoms with Crippen LogP contribution in [0.1, 0.15) is 43.7 Å². The lowest BCUT2D eigenvalue weighted by Gasteiger charge is -2.50. The van der Waals surface area contributed by atoms with Gasteiger partial charge in [-0.05, 0) is 45.2 Å². The van der Waals surface area contributed by atoms with Gasteiger partial charge in [0.2, 0.25) is 5.95 Å². The molecule has 2 aliphatic heterocycles. The number of likely N-dealkylation sites (tertiary alicyclic amines) is 1. The van der Waals surface area contributed by atoms with Crippen LogP contribution in [0.5, 0.6) is 0 Å². The number of aromatic amines is 1. The second kappa shape index (κ2) is 7.82. The summed E-state index contributed by atoms with van der Waals surface area (Å²) in [5.41, 5.74) is 1.50. The molecule has 3 N–H and O–H groups in total. The molecule has 0 unspecified atom stereocenters. The Balaban J connectivity index is 0.000000153. The fourth-order valence-corrected chi connectivity index (χ4v) is 3.78. The van der Waals surface area contributed by atoms with Crippen molar-refractivity contribution in [3.63, 3.8) is 0 Å². The summed E-state index contributed by atoms with van der Waals surface area (Å²) in [6.07, 6.45) is 8.16. The summed E-state index contributed by atoms with van der Waals surface area (Å²) in [6, 6.07) is 3.85. The number of nitrogens with one attached hydrogen (secondary N) is 3. The number of anilines is 3. The Morgan fingerprint density at radius 1 is 1.26 bits per heavy atom. The molecular weight excluding hydrogens is 342 g/mol. The van der Waals surface area contributed by atoms with Gasteiger partial charge in [0.25, 0.3) is 0 Å². The number of H-pyrrole nitrogens is 1. The van der Waals surface area contributed by atoms with Gasteiger partial charge in [0.1, 0.15) is 5.82 Å². The van der Waals surface area contributed by atoms with Crippen molar-refractivity contribution in [3.05, 3.63) is 24.0 Å². The summed E-state index contributed by atoms with van der Waals surface area (Å²) in [4.78, 5) is 10.6. The fourth-order valence-electron chi connectivity index (χ4n) is 3.78. The zero-order valence-corrected chi connectivity index (χ0v) is 16.2. The molecule has 3 aliphatic rings. The van der Waals surface area contributed by atoms with E-state index in [9.17, 15) is 0 Å². The molecule has 0 radical (unpaired) electrons. The number of ether oxygens (including phenoxy) is 1. The maximum absolute atomic E-state index is 5.73. The van der Waals surface area contributed by atoms with Crippen LogP contribution in [0.2, 0.25) is 0 Å². The summed E-state index contributed by atoms with van der Waals surface area (Å²) in [6.45, 7) is 3.31. The molecule has 8 heteroatoms. The van der Waals surface area contributed by atoms with Crippen LogP contribution in [0.25, 0.3) is 0 Å². The van der Waals surface area contributed by atoms with E-state index in [1.54, 1.807) is 13.2 Å². The number of nitrogens with zero attached hydrogens (tertiary/aromatic N) is 4. The molecule has 5 rings (SSSR count). The van der Waals surface area contributed by atoms with Crippen LogP contribution in [-0.4, -0.2) is 64.5 Å². The highest BCUT2D eigenvalue weighted by Crippen LogP contribution is 2.39. The van der Waals surface area contributed by atoms with Crippen LogP contribution in [0.15, 0.2) is 18.3 Å². The third-order valence-corrected chi connectivity index (χ3v) is 5.30. The SMILES string of the molecule is CN1CC2(CCCCO2)C1.CNc1nccc(Nc2cc(C3CC3)[nH]n2)n1. The minimum atomic E-state index is 0.299. The number of hydrogen-bond donors (Lipinski definition) is 3. The normalized spacial score (nSPS) is 21.1. The first-order valence-electron chi connectivity index (χ1n) is 9.81. The highest BCUT2D eigenvalue weighted by molar-refractivity contribution is 5.53. The minimum absolute atomic E-state index is 0.299. The smallest absolute Gasteiger partial charge is 0.224 e. The van der Waals surface area contributed by atoms with Gasteiger partial charge >= 0.3 is 0 Å². The Morgan fingerprint density at radius 2 is 2.11 bits per heavy atom. The number of hydrogen-bond acceptors (Lipinski definition) is 7. The van der Waals surface area contributed by atoms with E-state index in [0.717, 1.165) is 31.3 Å². The van der Waals surface area contributed by atoms with Crippen molar-refractivity contribution < 1.29 is 4.74 Å². The number of rotatable bonds is 4. The molecule has 1 aliphatic carbocycles. The molecule has 2 aromatic rings. The second-order valence-electron chi connectivity index (χ2n) is 7.78. The maximum atomic E-state index is 5.73. The summed E-state index contributed by atoms with van der Waals surface area (Å²) in [7, 11) is 3.95. The molecule has 0 bridgehead atoms. The second-order valence-corrected chi connectivity index (χ2v) is 7.78. The molecule has 2 aromatic heterocycles. The van der Waals surface area contributed by atoms with Crippen molar-refractivity contribution >= 4 is 17.6 Å². The average molecular weight is 371 g/mol. The lowest BCUT2D eigenvalue weighted by atomic mass is 9.87. The van der Waals surface area contributed by atoms with Gasteiger partial charge in [0, 0.05) is 50.6 Å². The molecule has 0 atom stereocenters. The van der Waals surface area contributed by atoms with Crippen molar-refractivity contribution in [2.45, 2.75) is 43.6 Å². The molecule has 0 aromatic carbocycles. The highest BCUT2D eigenvalue weighted by Gasteiger charge is 2.42. The van der Waals surface area contributed by atoms with Crippen LogP contribution >= 0.6 is 0 Å². The van der Waals surface area contributed by atoms with Gasteiger partial charge < -0.3 is 20.3 Å². The summed E-state index contributed by atoms with van der Waals surface area (Å²) in [5, 5.41) is 13.3. The van der Waals surface area contributed by atoms with Gasteiger partial charge in [0.05, 0.1) is 5.60 Å². The predicted octanol–water partition coefficient (Wildman–Crippen LogP) is 2.73. The third-order valence-electron chi connectivity index (χ3n) is 5.30. The largest absolute Gasteiger partial charge is 0.372 e. The predicted molar refractivity (Wildman–Crippen MR) is 105 cm³/mol. The Bertz CT molecular complexity index is 737. The average Bonchev–Trinajstić information content (AvgIpc) is 3.42. The zero-order chi connectivity index (χ0) is 18.7. The van der Waals surface area contributed by atoms with Gasteiger partial charge in [-0.3, -0.25) is 5.10 Å². The quantitative estimate of drug-likeness (QED) is 0.761. The van der Waals surface area contributed by atoms with Crippen LogP contribution in [0.4, 0.5) is 17.6 Å². The number of likely N-dealkylation sites (N-methyl/N-ethyl adjacent to an activating group) is 1. The van der Waals surface area contributed by atoms with Crippen LogP contribution in [0.3, 0.4) is 0 Å². The van der Waals surface area contributed by atoms with E-state index < -0.39 is 0 Å². The molecule has 4 heterocycles. The topological polar surface area (TPSA) is 91.0 Å². The van der Waals surface area contributed by atoms with Crippen molar-refractivity contribution in [1.82, 2.24) is 25.1 Å². The molecule has 1 spiro atoms. The van der Waals surface area contributed by atoms with Gasteiger partial charge in [-0.15, -0.1) is 0 Å². The lowest BCUT2D eigenvalue weighted by Crippen LogP contribution is -2.62. The van der Waals surface area contributed by atoms with Crippen LogP contribution in [0, 0.1) is 0 Å². The van der Waals surface area contributed by atoms with Gasteiger partial charge in [-0.25, -0.2) is 4.98 Å². The Morgan fingerprint density at radius 3 is 2.78 bits per heavy atom. The van der Waals surface area contributed by atoms with Crippen LogP contribution < -0.4 is 10.6 Å². The van der Waals surface area contributed by atoms with E-state index in [1.807, 2.05) is 12.1 Å². The summed E-state index contributed by atoms with van der Waals surface area (Å²) < 4.78 is 5.73. The lowest BCUT2D eigenvalue weighted by molar-refractivity contribution is -0.158. The molecular formula is C19H29N7O. The van der Waals surface area contributed by atoms with E-state index in [4.69, 9.17) is 4.74 Å². The first-order valence-corrected chi connectivity index (χ1v) is 9.81. The van der Waals surface area contributed by atoms with Crippen molar-refractivity contribution in [3.8, 4) is 0 Å². The Hall–Kier alpha value is -2.19. The van der Waals surface area contributed by atoms with Gasteiger partial charge in [-0.1, -0.05) is 0 Å². The highest BCUT2D eigenvalue weighted by atomic mass is 16.5. The molecule has 1 saturated carbocycles. The van der Waals surface area contributed by atoms with E-state index in [1.165, 1.54) is 37.8 Å². The fraction of sp³-hybridized carbons (Fsp3) is 0.632. The molecule has 0 amide bonds. The van der Waals surface area contributed by atoms with Crippen LogP contribution in [-0.2, 0) is 4.74 Å². The molecule has 3 fully saturated rings. The van der Waals surface area contributed by atoms with E-state index in [2.05, 4.69) is 42.7 Å². The van der Waals surface area contributed by atoms with Gasteiger partial charge in [-0.2, -0.15) is 10.1 Å². The van der Waals surface area contributed by atoms with Crippen molar-refractivity contribution in [2.24, 2.45) is 0 Å². The number of aromatic nitrogens is 4. The molecule has 27 heavy (non-hydrogen) atoms. The molecule has 8 nitrogen and oxygen atoms in total. The standard InChI is InChI=1S/C11H14N6.C8H15NO/c1-12-11-13-5-4-9(15-11)14-10-6-8(16-17-10)7-2-3-7;1-9-6-8(7-9)4-2-3-5-10-8/h4-7H,2-3H2,1H3,(H3,12,13,14,15,16,17);2-7H2,1H3. The third kappa shape index (κ3) is 4.56. The van der Waals surface area contributed by atoms with E-state index in [0.29, 0.717) is 17.5 Å². The van der Waals surface area contributed by atoms with E-state index >= 15 is 0 Å². The van der Waals surface area contributed by atoms with Crippen molar-refractivity contribution in [1.29, 1.82) is 0 Å². The Kier molecular flexibility index (Phi) is 5.27.